The summed E-state index contributed by atoms with van der Waals surface area (Å²) in [7, 11) is 0. The Morgan fingerprint density at radius 2 is 1.12 bits per heavy atom. The summed E-state index contributed by atoms with van der Waals surface area (Å²) in [6.07, 6.45) is 15.9. The van der Waals surface area contributed by atoms with Crippen molar-refractivity contribution >= 4 is 5.92 Å². The van der Waals surface area contributed by atoms with Crippen molar-refractivity contribution in [2.45, 2.75) is 57.9 Å². The van der Waals surface area contributed by atoms with Crippen LogP contribution in [-0.2, 0) is 33.8 Å². The first-order chi connectivity index (χ1) is 14.7. The second kappa shape index (κ2) is 10.1. The summed E-state index contributed by atoms with van der Waals surface area (Å²) < 4.78 is 2.14. The molecule has 0 saturated carbocycles. The zero-order valence-electron chi connectivity index (χ0n) is 19.1. The molecule has 4 heteroatoms. The Labute approximate surface area is 215 Å². The van der Waals surface area contributed by atoms with Crippen molar-refractivity contribution < 1.29 is 45.7 Å². The summed E-state index contributed by atoms with van der Waals surface area (Å²) in [5, 5.41) is 0. The van der Waals surface area contributed by atoms with Crippen molar-refractivity contribution in [3.05, 3.63) is 95.1 Å². The molecule has 4 aliphatic carbocycles. The predicted molar refractivity (Wildman–Crippen MR) is 127 cm³/mol. The van der Waals surface area contributed by atoms with Crippen LogP contribution in [0, 0.1) is 11.8 Å². The molecule has 6 rings (SSSR count). The van der Waals surface area contributed by atoms with Gasteiger partial charge in [-0.1, -0.05) is 0 Å². The zero-order valence-corrected chi connectivity index (χ0v) is 24.2. The zero-order chi connectivity index (χ0) is 20.2. The quantitative estimate of drug-likeness (QED) is 0.389. The molecule has 0 saturated heterocycles. The second-order valence-corrected chi connectivity index (χ2v) is 31.3. The predicted octanol–water partition coefficient (Wildman–Crippen LogP) is 1.01. The molecule has 0 aliphatic heterocycles. The molecular weight excluding hydrogens is 527 g/mol. The largest absolute Gasteiger partial charge is 1.00 e. The van der Waals surface area contributed by atoms with Crippen molar-refractivity contribution in [2.24, 2.45) is 11.8 Å². The number of allylic oxidation sites excluding steroid dienone is 4. The van der Waals surface area contributed by atoms with E-state index in [1.807, 2.05) is 0 Å². The van der Waals surface area contributed by atoms with E-state index in [-0.39, 0.29) is 24.8 Å². The SMILES string of the molecule is C[SiH](C)[Zr+2]([CH]1CC=CC2c3ccccc3CC21)[CH]1CC=CC2c3ccccc3CC21.[Cl-].[Cl-]. The molecule has 2 aromatic carbocycles. The number of rotatable bonds is 3. The van der Waals surface area contributed by atoms with E-state index < -0.39 is 26.8 Å². The van der Waals surface area contributed by atoms with Gasteiger partial charge in [0.1, 0.15) is 0 Å². The molecule has 6 atom stereocenters. The summed E-state index contributed by atoms with van der Waals surface area (Å²) in [5.41, 5.74) is 6.64. The van der Waals surface area contributed by atoms with Crippen LogP contribution < -0.4 is 24.8 Å². The molecule has 0 radical (unpaired) electrons. The molecular formula is C28H33Cl2SiZr. The summed E-state index contributed by atoms with van der Waals surface area (Å²) in [6.45, 7) is 5.47. The molecule has 32 heavy (non-hydrogen) atoms. The second-order valence-electron chi connectivity index (χ2n) is 10.4. The molecule has 2 aromatic rings. The number of hydrogen-bond donors (Lipinski definition) is 0. The van der Waals surface area contributed by atoms with E-state index in [2.05, 4.69) is 85.9 Å². The van der Waals surface area contributed by atoms with Gasteiger partial charge >= 0.3 is 192 Å². The van der Waals surface area contributed by atoms with Crippen molar-refractivity contribution in [1.29, 1.82) is 0 Å². The molecule has 0 amide bonds. The average molecular weight is 560 g/mol. The van der Waals surface area contributed by atoms with Crippen LogP contribution in [0.2, 0.25) is 20.3 Å². The molecule has 0 spiro atoms. The first-order valence-corrected chi connectivity index (χ1v) is 22.1. The van der Waals surface area contributed by atoms with Gasteiger partial charge < -0.3 is 24.8 Å². The number of fused-ring (bicyclic) bond motifs is 6. The minimum atomic E-state index is -1.59. The first kappa shape index (κ1) is 24.7. The summed E-state index contributed by atoms with van der Waals surface area (Å²) in [6, 6.07) is 18.7. The molecule has 0 N–H and O–H groups in total. The van der Waals surface area contributed by atoms with Gasteiger partial charge in [-0.15, -0.1) is 0 Å². The van der Waals surface area contributed by atoms with Gasteiger partial charge in [0.05, 0.1) is 0 Å². The third kappa shape index (κ3) is 4.02. The van der Waals surface area contributed by atoms with Crippen molar-refractivity contribution in [3.8, 4) is 0 Å². The van der Waals surface area contributed by atoms with Gasteiger partial charge in [0.25, 0.3) is 0 Å². The van der Waals surface area contributed by atoms with Crippen molar-refractivity contribution in [1.82, 2.24) is 0 Å². The van der Waals surface area contributed by atoms with E-state index in [0.29, 0.717) is 0 Å². The van der Waals surface area contributed by atoms with Crippen LogP contribution in [0.25, 0.3) is 0 Å². The Morgan fingerprint density at radius 1 is 0.688 bits per heavy atom. The van der Waals surface area contributed by atoms with E-state index in [9.17, 15) is 0 Å². The third-order valence-corrected chi connectivity index (χ3v) is 32.4. The van der Waals surface area contributed by atoms with Crippen LogP contribution in [-0.4, -0.2) is 5.92 Å². The van der Waals surface area contributed by atoms with E-state index in [1.165, 1.54) is 25.7 Å². The topological polar surface area (TPSA) is 0 Å². The Morgan fingerprint density at radius 3 is 1.56 bits per heavy atom. The van der Waals surface area contributed by atoms with Gasteiger partial charge in [0.15, 0.2) is 0 Å². The maximum Gasteiger partial charge on any atom is -1.00 e. The van der Waals surface area contributed by atoms with Crippen LogP contribution in [0.4, 0.5) is 0 Å². The van der Waals surface area contributed by atoms with Crippen LogP contribution in [0.3, 0.4) is 0 Å². The van der Waals surface area contributed by atoms with Crippen LogP contribution in [0.5, 0.6) is 0 Å². The normalized spacial score (nSPS) is 31.1. The van der Waals surface area contributed by atoms with E-state index in [4.69, 9.17) is 0 Å². The number of benzene rings is 2. The maximum atomic E-state index is 2.74. The van der Waals surface area contributed by atoms with Gasteiger partial charge in [0, 0.05) is 0 Å². The summed E-state index contributed by atoms with van der Waals surface area (Å²) in [5.74, 6) is 2.68. The maximum absolute atomic E-state index is 2.74. The third-order valence-electron chi connectivity index (χ3n) is 8.69. The van der Waals surface area contributed by atoms with Crippen molar-refractivity contribution in [2.75, 3.05) is 0 Å². The van der Waals surface area contributed by atoms with E-state index >= 15 is 0 Å². The summed E-state index contributed by atoms with van der Waals surface area (Å²) >= 11 is -1.59. The molecule has 0 bridgehead atoms. The van der Waals surface area contributed by atoms with Gasteiger partial charge in [-0.3, -0.25) is 0 Å². The Kier molecular flexibility index (Phi) is 7.78. The minimum absolute atomic E-state index is 0. The van der Waals surface area contributed by atoms with Crippen LogP contribution in [0.15, 0.2) is 72.8 Å². The van der Waals surface area contributed by atoms with Crippen molar-refractivity contribution in [3.63, 3.8) is 0 Å². The summed E-state index contributed by atoms with van der Waals surface area (Å²) in [4.78, 5) is 0. The Hall–Kier alpha value is -0.400. The van der Waals surface area contributed by atoms with Gasteiger partial charge in [-0.25, -0.2) is 0 Å². The van der Waals surface area contributed by atoms with Gasteiger partial charge in [-0.2, -0.15) is 0 Å². The van der Waals surface area contributed by atoms with Gasteiger partial charge in [0.2, 0.25) is 0 Å². The van der Waals surface area contributed by atoms with Gasteiger partial charge in [-0.05, 0) is 0 Å². The number of hydrogen-bond acceptors (Lipinski definition) is 0. The monoisotopic (exact) mass is 557 g/mol. The molecule has 0 heterocycles. The first-order valence-electron chi connectivity index (χ1n) is 12.1. The fourth-order valence-electron chi connectivity index (χ4n) is 7.58. The molecule has 0 fully saturated rings. The molecule has 167 valence electrons. The average Bonchev–Trinajstić information content (AvgIpc) is 3.33. The molecule has 4 aliphatic rings. The molecule has 0 aromatic heterocycles. The minimum Gasteiger partial charge on any atom is -1.00 e. The smallest absolute Gasteiger partial charge is 1.00 e. The Bertz CT molecular complexity index is 938. The van der Waals surface area contributed by atoms with Crippen LogP contribution >= 0.6 is 0 Å². The van der Waals surface area contributed by atoms with E-state index in [1.54, 1.807) is 22.3 Å². The standard InChI is InChI=1S/2C13H13.C2H7Si.2ClH.Zr/c2*1-3-7-12-10(5-1)9-11-6-2-4-8-13(11)12;1-3-2;;;/h2*1,3-8,11,13H,2,9H2;3H,1-2H3;2*1H;/q;;;;;+2/p-2. The number of halogens is 2. The van der Waals surface area contributed by atoms with Crippen LogP contribution in [0.1, 0.15) is 46.9 Å². The molecule has 0 nitrogen and oxygen atoms in total. The Balaban J connectivity index is 0.00000122. The molecule has 6 unspecified atom stereocenters. The fourth-order valence-corrected chi connectivity index (χ4v) is 33.8. The van der Waals surface area contributed by atoms with E-state index in [0.717, 1.165) is 30.9 Å². The fraction of sp³-hybridized carbons (Fsp3) is 0.429.